The Kier molecular flexibility index (Phi) is 4.58. The van der Waals surface area contributed by atoms with E-state index < -0.39 is 0 Å². The smallest absolute Gasteiger partial charge is 0.122 e. The minimum atomic E-state index is 0.305. The van der Waals surface area contributed by atoms with Crippen LogP contribution in [0.4, 0.5) is 0 Å². The van der Waals surface area contributed by atoms with Gasteiger partial charge in [-0.25, -0.2) is 0 Å². The van der Waals surface area contributed by atoms with E-state index in [2.05, 4.69) is 16.3 Å². The van der Waals surface area contributed by atoms with E-state index in [1.54, 1.807) is 18.4 Å². The van der Waals surface area contributed by atoms with E-state index in [0.29, 0.717) is 11.8 Å². The molecule has 112 valence electrons. The number of hydrogen-bond acceptors (Lipinski definition) is 4. The third-order valence-corrected chi connectivity index (χ3v) is 4.06. The number of phenols is 1. The van der Waals surface area contributed by atoms with Crippen LogP contribution >= 0.6 is 0 Å². The maximum absolute atomic E-state index is 9.30. The number of aromatic hydroxyl groups is 1. The molecule has 1 aromatic carbocycles. The Hall–Kier alpha value is -1.78. The molecular weight excluding hydrogens is 264 g/mol. The van der Waals surface area contributed by atoms with Crippen molar-refractivity contribution >= 4 is 0 Å². The van der Waals surface area contributed by atoms with Gasteiger partial charge in [-0.3, -0.25) is 4.90 Å². The highest BCUT2D eigenvalue weighted by atomic mass is 16.3. The van der Waals surface area contributed by atoms with Gasteiger partial charge >= 0.3 is 0 Å². The molecule has 3 rings (SSSR count). The van der Waals surface area contributed by atoms with Crippen molar-refractivity contribution in [3.05, 3.63) is 54.0 Å². The SMILES string of the molecule is Oc1ccc(CNCC(c2ccco2)N2CCCC2)cc1. The summed E-state index contributed by atoms with van der Waals surface area (Å²) >= 11 is 0. The molecule has 4 heteroatoms. The normalized spacial score (nSPS) is 17.1. The Morgan fingerprint density at radius 2 is 1.90 bits per heavy atom. The van der Waals surface area contributed by atoms with Crippen molar-refractivity contribution in [2.75, 3.05) is 19.6 Å². The van der Waals surface area contributed by atoms with Crippen LogP contribution in [-0.2, 0) is 6.54 Å². The van der Waals surface area contributed by atoms with Gasteiger partial charge in [0.05, 0.1) is 12.3 Å². The quantitative estimate of drug-likeness (QED) is 0.857. The third kappa shape index (κ3) is 3.65. The monoisotopic (exact) mass is 286 g/mol. The molecule has 0 aliphatic carbocycles. The number of nitrogens with one attached hydrogen (secondary N) is 1. The zero-order chi connectivity index (χ0) is 14.5. The van der Waals surface area contributed by atoms with Gasteiger partial charge < -0.3 is 14.8 Å². The predicted molar refractivity (Wildman–Crippen MR) is 82.1 cm³/mol. The largest absolute Gasteiger partial charge is 0.508 e. The molecule has 0 saturated carbocycles. The minimum absolute atomic E-state index is 0.305. The highest BCUT2D eigenvalue weighted by Crippen LogP contribution is 2.25. The van der Waals surface area contributed by atoms with Gasteiger partial charge in [-0.15, -0.1) is 0 Å². The Morgan fingerprint density at radius 3 is 2.57 bits per heavy atom. The summed E-state index contributed by atoms with van der Waals surface area (Å²) in [7, 11) is 0. The molecule has 2 aromatic rings. The molecule has 4 nitrogen and oxygen atoms in total. The van der Waals surface area contributed by atoms with Crippen molar-refractivity contribution in [2.45, 2.75) is 25.4 Å². The summed E-state index contributed by atoms with van der Waals surface area (Å²) in [6.07, 6.45) is 4.29. The molecule has 0 amide bonds. The van der Waals surface area contributed by atoms with E-state index in [-0.39, 0.29) is 0 Å². The molecule has 1 aliphatic heterocycles. The molecule has 0 spiro atoms. The van der Waals surface area contributed by atoms with Gasteiger partial charge in [0.1, 0.15) is 11.5 Å². The first kappa shape index (κ1) is 14.2. The summed E-state index contributed by atoms with van der Waals surface area (Å²) < 4.78 is 5.61. The standard InChI is InChI=1S/C17H22N2O2/c20-15-7-5-14(6-8-15)12-18-13-16(17-4-3-11-21-17)19-9-1-2-10-19/h3-8,11,16,18,20H,1-2,9-10,12-13H2. The van der Waals surface area contributed by atoms with Crippen LogP contribution in [0.2, 0.25) is 0 Å². The summed E-state index contributed by atoms with van der Waals surface area (Å²) in [5.41, 5.74) is 1.17. The van der Waals surface area contributed by atoms with E-state index >= 15 is 0 Å². The number of hydrogen-bond donors (Lipinski definition) is 2. The second-order valence-electron chi connectivity index (χ2n) is 5.57. The lowest BCUT2D eigenvalue weighted by Gasteiger charge is -2.26. The number of nitrogens with zero attached hydrogens (tertiary/aromatic N) is 1. The van der Waals surface area contributed by atoms with Gasteiger partial charge in [-0.2, -0.15) is 0 Å². The lowest BCUT2D eigenvalue weighted by molar-refractivity contribution is 0.209. The van der Waals surface area contributed by atoms with Crippen LogP contribution < -0.4 is 5.32 Å². The Balaban J connectivity index is 1.58. The molecule has 1 atom stereocenters. The fourth-order valence-electron chi connectivity index (χ4n) is 2.91. The highest BCUT2D eigenvalue weighted by molar-refractivity contribution is 5.25. The molecule has 2 N–H and O–H groups in total. The van der Waals surface area contributed by atoms with E-state index in [4.69, 9.17) is 4.42 Å². The lowest BCUT2D eigenvalue weighted by atomic mass is 10.1. The van der Waals surface area contributed by atoms with E-state index in [0.717, 1.165) is 31.9 Å². The third-order valence-electron chi connectivity index (χ3n) is 4.06. The number of likely N-dealkylation sites (tertiary alicyclic amines) is 1. The van der Waals surface area contributed by atoms with Gasteiger partial charge in [0.2, 0.25) is 0 Å². The molecule has 1 aliphatic rings. The Morgan fingerprint density at radius 1 is 1.14 bits per heavy atom. The lowest BCUT2D eigenvalue weighted by Crippen LogP contribution is -2.33. The first-order valence-corrected chi connectivity index (χ1v) is 7.59. The van der Waals surface area contributed by atoms with Crippen molar-refractivity contribution in [3.63, 3.8) is 0 Å². The predicted octanol–water partition coefficient (Wildman–Crippen LogP) is 2.91. The summed E-state index contributed by atoms with van der Waals surface area (Å²) in [6.45, 7) is 3.96. The first-order valence-electron chi connectivity index (χ1n) is 7.59. The maximum atomic E-state index is 9.30. The number of furan rings is 1. The summed E-state index contributed by atoms with van der Waals surface area (Å²) in [5.74, 6) is 1.35. The van der Waals surface area contributed by atoms with Crippen molar-refractivity contribution in [3.8, 4) is 5.75 Å². The molecule has 1 saturated heterocycles. The maximum Gasteiger partial charge on any atom is 0.122 e. The molecule has 0 bridgehead atoms. The molecule has 0 radical (unpaired) electrons. The average Bonchev–Trinajstić information content (AvgIpc) is 3.19. The molecule has 1 unspecified atom stereocenters. The molecular formula is C17H22N2O2. The van der Waals surface area contributed by atoms with Gasteiger partial charge in [0.15, 0.2) is 0 Å². The molecule has 1 fully saturated rings. The van der Waals surface area contributed by atoms with Crippen molar-refractivity contribution < 1.29 is 9.52 Å². The van der Waals surface area contributed by atoms with E-state index in [9.17, 15) is 5.11 Å². The van der Waals surface area contributed by atoms with Crippen LogP contribution in [0.1, 0.15) is 30.2 Å². The number of benzene rings is 1. The van der Waals surface area contributed by atoms with E-state index in [1.165, 1.54) is 18.4 Å². The van der Waals surface area contributed by atoms with Crippen LogP contribution in [-0.4, -0.2) is 29.6 Å². The molecule has 21 heavy (non-hydrogen) atoms. The van der Waals surface area contributed by atoms with E-state index in [1.807, 2.05) is 18.2 Å². The van der Waals surface area contributed by atoms with Crippen molar-refractivity contribution in [1.82, 2.24) is 10.2 Å². The van der Waals surface area contributed by atoms with Gasteiger partial charge in [-0.1, -0.05) is 12.1 Å². The van der Waals surface area contributed by atoms with Crippen molar-refractivity contribution in [2.24, 2.45) is 0 Å². The summed E-state index contributed by atoms with van der Waals surface area (Å²) in [5, 5.41) is 12.8. The fraction of sp³-hybridized carbons (Fsp3) is 0.412. The number of rotatable bonds is 6. The van der Waals surface area contributed by atoms with Gasteiger partial charge in [0, 0.05) is 13.1 Å². The Bertz CT molecular complexity index is 530. The summed E-state index contributed by atoms with van der Waals surface area (Å²) in [6, 6.07) is 11.7. The second kappa shape index (κ2) is 6.78. The van der Waals surface area contributed by atoms with Crippen LogP contribution in [0.3, 0.4) is 0 Å². The van der Waals surface area contributed by atoms with Crippen LogP contribution in [0.15, 0.2) is 47.1 Å². The zero-order valence-corrected chi connectivity index (χ0v) is 12.2. The van der Waals surface area contributed by atoms with Crippen LogP contribution in [0.5, 0.6) is 5.75 Å². The van der Waals surface area contributed by atoms with Crippen LogP contribution in [0.25, 0.3) is 0 Å². The number of phenolic OH excluding ortho intramolecular Hbond substituents is 1. The van der Waals surface area contributed by atoms with Crippen LogP contribution in [0, 0.1) is 0 Å². The topological polar surface area (TPSA) is 48.6 Å². The first-order chi connectivity index (χ1) is 10.3. The zero-order valence-electron chi connectivity index (χ0n) is 12.2. The fourth-order valence-corrected chi connectivity index (χ4v) is 2.91. The minimum Gasteiger partial charge on any atom is -0.508 e. The highest BCUT2D eigenvalue weighted by Gasteiger charge is 2.24. The molecule has 1 aromatic heterocycles. The summed E-state index contributed by atoms with van der Waals surface area (Å²) in [4.78, 5) is 2.49. The van der Waals surface area contributed by atoms with Gasteiger partial charge in [0.25, 0.3) is 0 Å². The molecule has 2 heterocycles. The second-order valence-corrected chi connectivity index (χ2v) is 5.57. The van der Waals surface area contributed by atoms with Gasteiger partial charge in [-0.05, 0) is 55.8 Å². The van der Waals surface area contributed by atoms with Crippen molar-refractivity contribution in [1.29, 1.82) is 0 Å². The average molecular weight is 286 g/mol. The Labute approximate surface area is 125 Å².